The van der Waals surface area contributed by atoms with Gasteiger partial charge in [-0.2, -0.15) is 13.2 Å². The number of benzene rings is 2. The Balaban J connectivity index is 2.29. The molecule has 0 saturated carbocycles. The maximum absolute atomic E-state index is 13.0. The monoisotopic (exact) mass is 321 g/mol. The first kappa shape index (κ1) is 17.5. The third kappa shape index (κ3) is 4.14. The Bertz CT molecular complexity index is 649. The van der Waals surface area contributed by atoms with E-state index in [1.807, 2.05) is 50.4 Å². The van der Waals surface area contributed by atoms with Crippen molar-refractivity contribution < 1.29 is 13.2 Å². The van der Waals surface area contributed by atoms with Crippen molar-refractivity contribution in [3.63, 3.8) is 0 Å². The Labute approximate surface area is 135 Å². The SMILES string of the molecule is Cc1cc([C@H](C)N(C)[C@H](C)c2ccccc2)cc(C(F)(F)F)c1. The van der Waals surface area contributed by atoms with E-state index in [1.165, 1.54) is 12.1 Å². The summed E-state index contributed by atoms with van der Waals surface area (Å²) in [4.78, 5) is 2.09. The molecule has 0 amide bonds. The van der Waals surface area contributed by atoms with Crippen LogP contribution < -0.4 is 0 Å². The molecule has 2 atom stereocenters. The molecule has 0 fully saturated rings. The van der Waals surface area contributed by atoms with Crippen molar-refractivity contribution in [1.82, 2.24) is 4.90 Å². The molecule has 2 aromatic carbocycles. The molecular weight excluding hydrogens is 299 g/mol. The molecule has 0 radical (unpaired) electrons. The summed E-state index contributed by atoms with van der Waals surface area (Å²) in [5, 5.41) is 0. The van der Waals surface area contributed by atoms with E-state index < -0.39 is 11.7 Å². The molecule has 0 aliphatic carbocycles. The standard InChI is InChI=1S/C19H22F3N/c1-13-10-17(12-18(11-13)19(20,21)22)15(3)23(4)14(2)16-8-6-5-7-9-16/h5-12,14-15H,1-4H3/t14-,15+/m1/s1. The number of hydrogen-bond acceptors (Lipinski definition) is 1. The van der Waals surface area contributed by atoms with Crippen LogP contribution in [-0.2, 0) is 6.18 Å². The van der Waals surface area contributed by atoms with Crippen molar-refractivity contribution in [3.05, 3.63) is 70.8 Å². The van der Waals surface area contributed by atoms with Gasteiger partial charge in [-0.25, -0.2) is 0 Å². The van der Waals surface area contributed by atoms with Gasteiger partial charge in [-0.05, 0) is 51.1 Å². The minimum atomic E-state index is -4.32. The highest BCUT2D eigenvalue weighted by atomic mass is 19.4. The maximum atomic E-state index is 13.0. The molecule has 0 saturated heterocycles. The molecule has 0 aliphatic heterocycles. The summed E-state index contributed by atoms with van der Waals surface area (Å²) in [6.45, 7) is 5.70. The smallest absolute Gasteiger partial charge is 0.293 e. The van der Waals surface area contributed by atoms with Crippen molar-refractivity contribution in [2.45, 2.75) is 39.0 Å². The molecule has 4 heteroatoms. The predicted octanol–water partition coefficient (Wildman–Crippen LogP) is 5.77. The van der Waals surface area contributed by atoms with E-state index in [0.29, 0.717) is 11.1 Å². The second-order valence-electron chi connectivity index (χ2n) is 6.06. The number of halogens is 3. The molecule has 2 rings (SSSR count). The van der Waals surface area contributed by atoms with Gasteiger partial charge in [0, 0.05) is 12.1 Å². The van der Waals surface area contributed by atoms with E-state index in [4.69, 9.17) is 0 Å². The van der Waals surface area contributed by atoms with Crippen LogP contribution in [0, 0.1) is 6.92 Å². The molecule has 0 N–H and O–H groups in total. The molecule has 23 heavy (non-hydrogen) atoms. The van der Waals surface area contributed by atoms with Crippen LogP contribution in [0.15, 0.2) is 48.5 Å². The van der Waals surface area contributed by atoms with Crippen LogP contribution in [0.25, 0.3) is 0 Å². The topological polar surface area (TPSA) is 3.24 Å². The summed E-state index contributed by atoms with van der Waals surface area (Å²) in [7, 11) is 1.94. The van der Waals surface area contributed by atoms with Gasteiger partial charge in [-0.15, -0.1) is 0 Å². The fraction of sp³-hybridized carbons (Fsp3) is 0.368. The van der Waals surface area contributed by atoms with Crippen LogP contribution in [0.5, 0.6) is 0 Å². The van der Waals surface area contributed by atoms with E-state index in [1.54, 1.807) is 6.92 Å². The van der Waals surface area contributed by atoms with Crippen molar-refractivity contribution in [2.24, 2.45) is 0 Å². The molecule has 124 valence electrons. The van der Waals surface area contributed by atoms with Gasteiger partial charge in [-0.3, -0.25) is 4.90 Å². The molecule has 0 bridgehead atoms. The maximum Gasteiger partial charge on any atom is 0.416 e. The van der Waals surface area contributed by atoms with Crippen LogP contribution in [0.1, 0.15) is 48.2 Å². The zero-order chi connectivity index (χ0) is 17.2. The lowest BCUT2D eigenvalue weighted by atomic mass is 9.98. The van der Waals surface area contributed by atoms with Gasteiger partial charge < -0.3 is 0 Å². The van der Waals surface area contributed by atoms with E-state index >= 15 is 0 Å². The van der Waals surface area contributed by atoms with E-state index in [2.05, 4.69) is 11.8 Å². The summed E-state index contributed by atoms with van der Waals surface area (Å²) in [6.07, 6.45) is -4.32. The van der Waals surface area contributed by atoms with Crippen LogP contribution in [0.2, 0.25) is 0 Å². The van der Waals surface area contributed by atoms with E-state index in [-0.39, 0.29) is 12.1 Å². The Morgan fingerprint density at radius 1 is 0.870 bits per heavy atom. The number of nitrogens with zero attached hydrogens (tertiary/aromatic N) is 1. The lowest BCUT2D eigenvalue weighted by Gasteiger charge is -2.32. The van der Waals surface area contributed by atoms with Crippen molar-refractivity contribution in [1.29, 1.82) is 0 Å². The molecule has 2 aromatic rings. The number of rotatable bonds is 4. The highest BCUT2D eigenvalue weighted by Gasteiger charge is 2.31. The quantitative estimate of drug-likeness (QED) is 0.691. The van der Waals surface area contributed by atoms with E-state index in [9.17, 15) is 13.2 Å². The lowest BCUT2D eigenvalue weighted by molar-refractivity contribution is -0.137. The molecule has 0 spiro atoms. The molecule has 0 unspecified atom stereocenters. The Morgan fingerprint density at radius 2 is 1.43 bits per heavy atom. The molecule has 0 heterocycles. The third-order valence-corrected chi connectivity index (χ3v) is 4.41. The average Bonchev–Trinajstić information content (AvgIpc) is 2.52. The molecular formula is C19H22F3N. The number of hydrogen-bond donors (Lipinski definition) is 0. The van der Waals surface area contributed by atoms with Crippen molar-refractivity contribution >= 4 is 0 Å². The molecule has 0 aromatic heterocycles. The highest BCUT2D eigenvalue weighted by molar-refractivity contribution is 5.33. The van der Waals surface area contributed by atoms with Crippen LogP contribution in [-0.4, -0.2) is 11.9 Å². The zero-order valence-electron chi connectivity index (χ0n) is 13.9. The Morgan fingerprint density at radius 3 is 2.00 bits per heavy atom. The average molecular weight is 321 g/mol. The Hall–Kier alpha value is -1.81. The minimum absolute atomic E-state index is 0.112. The van der Waals surface area contributed by atoms with Crippen LogP contribution in [0.4, 0.5) is 13.2 Å². The molecule has 0 aliphatic rings. The van der Waals surface area contributed by atoms with Crippen molar-refractivity contribution in [3.8, 4) is 0 Å². The summed E-state index contributed by atoms with van der Waals surface area (Å²) >= 11 is 0. The van der Waals surface area contributed by atoms with Gasteiger partial charge in [0.1, 0.15) is 0 Å². The Kier molecular flexibility index (Phi) is 5.15. The summed E-state index contributed by atoms with van der Waals surface area (Å²) in [5.41, 5.74) is 1.87. The lowest BCUT2D eigenvalue weighted by Crippen LogP contribution is -2.26. The van der Waals surface area contributed by atoms with Gasteiger partial charge in [0.05, 0.1) is 5.56 Å². The minimum Gasteiger partial charge on any atom is -0.293 e. The second kappa shape index (κ2) is 6.75. The first-order chi connectivity index (χ1) is 10.7. The number of aryl methyl sites for hydroxylation is 1. The van der Waals surface area contributed by atoms with Crippen LogP contribution >= 0.6 is 0 Å². The van der Waals surface area contributed by atoms with Crippen molar-refractivity contribution in [2.75, 3.05) is 7.05 Å². The largest absolute Gasteiger partial charge is 0.416 e. The normalized spacial score (nSPS) is 14.8. The summed E-state index contributed by atoms with van der Waals surface area (Å²) in [5.74, 6) is 0. The fourth-order valence-electron chi connectivity index (χ4n) is 2.75. The number of alkyl halides is 3. The first-order valence-corrected chi connectivity index (χ1v) is 7.66. The zero-order valence-corrected chi connectivity index (χ0v) is 13.9. The van der Waals surface area contributed by atoms with Gasteiger partial charge in [0.15, 0.2) is 0 Å². The van der Waals surface area contributed by atoms with Crippen LogP contribution in [0.3, 0.4) is 0 Å². The second-order valence-corrected chi connectivity index (χ2v) is 6.06. The van der Waals surface area contributed by atoms with E-state index in [0.717, 1.165) is 5.56 Å². The summed E-state index contributed by atoms with van der Waals surface area (Å²) in [6, 6.07) is 14.2. The molecule has 1 nitrogen and oxygen atoms in total. The summed E-state index contributed by atoms with van der Waals surface area (Å²) < 4.78 is 39.1. The third-order valence-electron chi connectivity index (χ3n) is 4.41. The fourth-order valence-corrected chi connectivity index (χ4v) is 2.75. The van der Waals surface area contributed by atoms with Gasteiger partial charge >= 0.3 is 6.18 Å². The van der Waals surface area contributed by atoms with Gasteiger partial charge in [0.2, 0.25) is 0 Å². The van der Waals surface area contributed by atoms with Gasteiger partial charge in [-0.1, -0.05) is 42.0 Å². The first-order valence-electron chi connectivity index (χ1n) is 7.66. The predicted molar refractivity (Wildman–Crippen MR) is 87.2 cm³/mol. The highest BCUT2D eigenvalue weighted by Crippen LogP contribution is 2.34. The van der Waals surface area contributed by atoms with Gasteiger partial charge in [0.25, 0.3) is 0 Å².